The smallest absolute Gasteiger partial charge is 0.237 e. The van der Waals surface area contributed by atoms with Crippen molar-refractivity contribution in [1.29, 1.82) is 5.26 Å². The number of carbonyl (C=O) groups excluding carboxylic acids is 1. The van der Waals surface area contributed by atoms with Crippen LogP contribution < -0.4 is 0 Å². The number of hydrogen-bond donors (Lipinski definition) is 0. The van der Waals surface area contributed by atoms with Crippen LogP contribution in [0.5, 0.6) is 0 Å². The summed E-state index contributed by atoms with van der Waals surface area (Å²) in [5.41, 5.74) is 0. The molecule has 16 heavy (non-hydrogen) atoms. The van der Waals surface area contributed by atoms with Gasteiger partial charge in [0, 0.05) is 20.1 Å². The Balaban J connectivity index is 4.52. The fourth-order valence-corrected chi connectivity index (χ4v) is 1.85. The lowest BCUT2D eigenvalue weighted by Gasteiger charge is -2.22. The third-order valence-corrected chi connectivity index (χ3v) is 3.77. The van der Waals surface area contributed by atoms with Crippen molar-refractivity contribution in [3.8, 4) is 6.07 Å². The minimum atomic E-state index is -3.63. The summed E-state index contributed by atoms with van der Waals surface area (Å²) >= 11 is 0. The van der Waals surface area contributed by atoms with E-state index in [1.807, 2.05) is 13.8 Å². The van der Waals surface area contributed by atoms with Gasteiger partial charge in [0.25, 0.3) is 0 Å². The molecule has 0 unspecified atom stereocenters. The number of amides is 1. The van der Waals surface area contributed by atoms with Crippen molar-refractivity contribution in [2.24, 2.45) is 0 Å². The van der Waals surface area contributed by atoms with Crippen molar-refractivity contribution in [3.05, 3.63) is 0 Å². The summed E-state index contributed by atoms with van der Waals surface area (Å²) < 4.78 is 23.7. The SMILES string of the molecule is CCN(CC)C(=O)CN(C)S(=O)(=O)CC#N. The third kappa shape index (κ3) is 4.16. The maximum absolute atomic E-state index is 11.6. The van der Waals surface area contributed by atoms with Gasteiger partial charge in [0.15, 0.2) is 5.75 Å². The van der Waals surface area contributed by atoms with E-state index in [1.54, 1.807) is 11.0 Å². The van der Waals surface area contributed by atoms with Crippen LogP contribution in [0, 0.1) is 11.3 Å². The molecule has 0 aromatic carbocycles. The molecule has 0 aromatic heterocycles. The van der Waals surface area contributed by atoms with E-state index in [0.717, 1.165) is 4.31 Å². The molecule has 92 valence electrons. The first-order chi connectivity index (χ1) is 7.38. The number of nitrogens with zero attached hydrogens (tertiary/aromatic N) is 3. The number of sulfonamides is 1. The van der Waals surface area contributed by atoms with Gasteiger partial charge in [0.1, 0.15) is 0 Å². The van der Waals surface area contributed by atoms with Gasteiger partial charge in [0.2, 0.25) is 15.9 Å². The Labute approximate surface area is 96.5 Å². The molecule has 6 nitrogen and oxygen atoms in total. The molecule has 0 radical (unpaired) electrons. The highest BCUT2D eigenvalue weighted by molar-refractivity contribution is 7.89. The van der Waals surface area contributed by atoms with E-state index in [1.165, 1.54) is 7.05 Å². The van der Waals surface area contributed by atoms with Gasteiger partial charge < -0.3 is 4.90 Å². The summed E-state index contributed by atoms with van der Waals surface area (Å²) in [6, 6.07) is 1.56. The Kier molecular flexibility index (Phi) is 6.00. The summed E-state index contributed by atoms with van der Waals surface area (Å²) in [5.74, 6) is -0.858. The first-order valence-electron chi connectivity index (χ1n) is 4.97. The summed E-state index contributed by atoms with van der Waals surface area (Å²) in [6.45, 7) is 4.52. The summed E-state index contributed by atoms with van der Waals surface area (Å²) in [6.07, 6.45) is 0. The molecule has 0 spiro atoms. The van der Waals surface area contributed by atoms with Crippen LogP contribution in [0.25, 0.3) is 0 Å². The normalized spacial score (nSPS) is 11.2. The summed E-state index contributed by atoms with van der Waals surface area (Å²) in [4.78, 5) is 13.1. The predicted molar refractivity (Wildman–Crippen MR) is 60.0 cm³/mol. The van der Waals surface area contributed by atoms with Crippen molar-refractivity contribution < 1.29 is 13.2 Å². The van der Waals surface area contributed by atoms with E-state index < -0.39 is 15.8 Å². The molecule has 1 amide bonds. The van der Waals surface area contributed by atoms with Crippen molar-refractivity contribution in [2.75, 3.05) is 32.4 Å². The van der Waals surface area contributed by atoms with E-state index in [-0.39, 0.29) is 12.5 Å². The van der Waals surface area contributed by atoms with Crippen LogP contribution in [0.4, 0.5) is 0 Å². The first kappa shape index (κ1) is 14.9. The lowest BCUT2D eigenvalue weighted by atomic mass is 10.4. The molecule has 0 aliphatic heterocycles. The van der Waals surface area contributed by atoms with E-state index in [2.05, 4.69) is 0 Å². The Bertz CT molecular complexity index is 368. The monoisotopic (exact) mass is 247 g/mol. The minimum Gasteiger partial charge on any atom is -0.342 e. The molecule has 0 heterocycles. The van der Waals surface area contributed by atoms with Gasteiger partial charge in [-0.1, -0.05) is 0 Å². The Morgan fingerprint density at radius 2 is 1.81 bits per heavy atom. The highest BCUT2D eigenvalue weighted by Crippen LogP contribution is 1.99. The second-order valence-corrected chi connectivity index (χ2v) is 5.31. The van der Waals surface area contributed by atoms with E-state index in [4.69, 9.17) is 5.26 Å². The van der Waals surface area contributed by atoms with E-state index in [9.17, 15) is 13.2 Å². The highest BCUT2D eigenvalue weighted by Gasteiger charge is 2.21. The standard InChI is InChI=1S/C9H17N3O3S/c1-4-12(5-2)9(13)8-11(3)16(14,15)7-6-10/h4-5,7-8H2,1-3H3. The largest absolute Gasteiger partial charge is 0.342 e. The molecule has 0 saturated heterocycles. The van der Waals surface area contributed by atoms with Crippen LogP contribution in [0.2, 0.25) is 0 Å². The van der Waals surface area contributed by atoms with Gasteiger partial charge in [-0.25, -0.2) is 8.42 Å². The van der Waals surface area contributed by atoms with Crippen LogP contribution in [0.3, 0.4) is 0 Å². The van der Waals surface area contributed by atoms with Crippen LogP contribution in [0.15, 0.2) is 0 Å². The van der Waals surface area contributed by atoms with Crippen LogP contribution in [0.1, 0.15) is 13.8 Å². The van der Waals surface area contributed by atoms with E-state index in [0.29, 0.717) is 13.1 Å². The number of nitriles is 1. The predicted octanol–water partition coefficient (Wildman–Crippen LogP) is -0.360. The van der Waals surface area contributed by atoms with Gasteiger partial charge in [-0.05, 0) is 13.8 Å². The molecule has 7 heteroatoms. The van der Waals surface area contributed by atoms with Gasteiger partial charge in [-0.15, -0.1) is 0 Å². The fourth-order valence-electron chi connectivity index (χ4n) is 1.16. The Hall–Kier alpha value is -1.13. The number of rotatable bonds is 6. The molecular formula is C9H17N3O3S. The minimum absolute atomic E-state index is 0.217. The zero-order valence-corrected chi connectivity index (χ0v) is 10.6. The topological polar surface area (TPSA) is 81.5 Å². The quantitative estimate of drug-likeness (QED) is 0.642. The molecule has 0 atom stereocenters. The Morgan fingerprint density at radius 1 is 1.31 bits per heavy atom. The number of likely N-dealkylation sites (N-methyl/N-ethyl adjacent to an activating group) is 2. The number of carbonyl (C=O) groups is 1. The molecule has 0 fully saturated rings. The lowest BCUT2D eigenvalue weighted by Crippen LogP contribution is -2.41. The highest BCUT2D eigenvalue weighted by atomic mass is 32.2. The fraction of sp³-hybridized carbons (Fsp3) is 0.778. The molecule has 0 aliphatic rings. The van der Waals surface area contributed by atoms with Crippen molar-refractivity contribution in [1.82, 2.24) is 9.21 Å². The van der Waals surface area contributed by atoms with Crippen molar-refractivity contribution in [3.63, 3.8) is 0 Å². The average Bonchev–Trinajstić information content (AvgIpc) is 2.19. The molecular weight excluding hydrogens is 230 g/mol. The second kappa shape index (κ2) is 6.45. The van der Waals surface area contributed by atoms with Gasteiger partial charge in [-0.2, -0.15) is 9.57 Å². The maximum atomic E-state index is 11.6. The summed E-state index contributed by atoms with van der Waals surface area (Å²) in [7, 11) is -2.33. The lowest BCUT2D eigenvalue weighted by molar-refractivity contribution is -0.130. The zero-order valence-electron chi connectivity index (χ0n) is 9.80. The molecule has 0 aromatic rings. The molecule has 0 rings (SSSR count). The van der Waals surface area contributed by atoms with Crippen LogP contribution in [-0.4, -0.2) is 56.0 Å². The summed E-state index contributed by atoms with van der Waals surface area (Å²) in [5, 5.41) is 8.34. The Morgan fingerprint density at radius 3 is 2.19 bits per heavy atom. The second-order valence-electron chi connectivity index (χ2n) is 3.24. The molecule has 0 aliphatic carbocycles. The van der Waals surface area contributed by atoms with E-state index >= 15 is 0 Å². The third-order valence-electron chi connectivity index (χ3n) is 2.20. The van der Waals surface area contributed by atoms with Crippen molar-refractivity contribution >= 4 is 15.9 Å². The van der Waals surface area contributed by atoms with Crippen molar-refractivity contribution in [2.45, 2.75) is 13.8 Å². The zero-order chi connectivity index (χ0) is 12.8. The molecule has 0 saturated carbocycles. The van der Waals surface area contributed by atoms with Crippen LogP contribution in [-0.2, 0) is 14.8 Å². The van der Waals surface area contributed by atoms with Gasteiger partial charge in [-0.3, -0.25) is 4.79 Å². The van der Waals surface area contributed by atoms with Gasteiger partial charge in [0.05, 0.1) is 12.6 Å². The maximum Gasteiger partial charge on any atom is 0.237 e. The average molecular weight is 247 g/mol. The molecule has 0 bridgehead atoms. The van der Waals surface area contributed by atoms with Gasteiger partial charge >= 0.3 is 0 Å². The van der Waals surface area contributed by atoms with Crippen LogP contribution >= 0.6 is 0 Å². The number of hydrogen-bond acceptors (Lipinski definition) is 4. The first-order valence-corrected chi connectivity index (χ1v) is 6.58. The molecule has 0 N–H and O–H groups in total.